The number of barbiturate groups is 1. The van der Waals surface area contributed by atoms with E-state index in [-0.39, 0.29) is 0 Å². The number of thioether (sulfide) groups is 1. The molecule has 17 heavy (non-hydrogen) atoms. The topological polar surface area (TPSA) is 66.5 Å². The van der Waals surface area contributed by atoms with Gasteiger partial charge in [-0.25, -0.2) is 4.79 Å². The smallest absolute Gasteiger partial charge is 0.277 e. The Morgan fingerprint density at radius 3 is 2.65 bits per heavy atom. The van der Waals surface area contributed by atoms with Crippen molar-refractivity contribution in [2.24, 2.45) is 5.41 Å². The van der Waals surface area contributed by atoms with Gasteiger partial charge in [-0.1, -0.05) is 6.08 Å². The summed E-state index contributed by atoms with van der Waals surface area (Å²) < 4.78 is 0. The highest BCUT2D eigenvalue weighted by Gasteiger charge is 2.46. The SMILES string of the molecule is C=CCSCCN1C(=O)NC(=O)C(C)(C)C1=O. The molecule has 0 aromatic carbocycles. The van der Waals surface area contributed by atoms with Crippen LogP contribution >= 0.6 is 11.8 Å². The first-order chi connectivity index (χ1) is 7.91. The monoisotopic (exact) mass is 256 g/mol. The summed E-state index contributed by atoms with van der Waals surface area (Å²) in [6, 6.07) is -0.626. The third kappa shape index (κ3) is 2.88. The Kier molecular flexibility index (Phi) is 4.34. The number of nitrogens with zero attached hydrogens (tertiary/aromatic N) is 1. The molecule has 1 aliphatic heterocycles. The molecule has 1 fully saturated rings. The zero-order valence-corrected chi connectivity index (χ0v) is 10.8. The molecule has 4 amide bonds. The van der Waals surface area contributed by atoms with E-state index < -0.39 is 23.3 Å². The normalized spacial score (nSPS) is 19.2. The van der Waals surface area contributed by atoms with E-state index in [9.17, 15) is 14.4 Å². The molecule has 0 aromatic rings. The molecule has 1 aliphatic rings. The molecule has 1 N–H and O–H groups in total. The van der Waals surface area contributed by atoms with Crippen molar-refractivity contribution in [2.75, 3.05) is 18.1 Å². The Balaban J connectivity index is 2.64. The van der Waals surface area contributed by atoms with E-state index in [1.165, 1.54) is 13.8 Å². The van der Waals surface area contributed by atoms with Crippen LogP contribution in [0.5, 0.6) is 0 Å². The summed E-state index contributed by atoms with van der Waals surface area (Å²) in [6.07, 6.45) is 1.76. The molecule has 1 heterocycles. The fraction of sp³-hybridized carbons (Fsp3) is 0.545. The van der Waals surface area contributed by atoms with Crippen LogP contribution in [0, 0.1) is 5.41 Å². The Morgan fingerprint density at radius 2 is 2.06 bits per heavy atom. The second-order valence-electron chi connectivity index (χ2n) is 4.20. The van der Waals surface area contributed by atoms with Gasteiger partial charge in [0.15, 0.2) is 0 Å². The van der Waals surface area contributed by atoms with Gasteiger partial charge >= 0.3 is 6.03 Å². The molecule has 5 nitrogen and oxygen atoms in total. The molecule has 0 radical (unpaired) electrons. The van der Waals surface area contributed by atoms with Crippen LogP contribution in [-0.4, -0.2) is 40.8 Å². The highest BCUT2D eigenvalue weighted by molar-refractivity contribution is 7.99. The number of carbonyl (C=O) groups is 3. The first-order valence-electron chi connectivity index (χ1n) is 5.27. The van der Waals surface area contributed by atoms with E-state index in [4.69, 9.17) is 0 Å². The lowest BCUT2D eigenvalue weighted by molar-refractivity contribution is -0.148. The van der Waals surface area contributed by atoms with Crippen LogP contribution in [0.15, 0.2) is 12.7 Å². The minimum absolute atomic E-state index is 0.305. The number of urea groups is 1. The van der Waals surface area contributed by atoms with Gasteiger partial charge in [0, 0.05) is 18.1 Å². The third-order valence-corrected chi connectivity index (χ3v) is 3.45. The maximum Gasteiger partial charge on any atom is 0.330 e. The van der Waals surface area contributed by atoms with Crippen LogP contribution in [0.2, 0.25) is 0 Å². The second-order valence-corrected chi connectivity index (χ2v) is 5.35. The van der Waals surface area contributed by atoms with Gasteiger partial charge in [-0.05, 0) is 13.8 Å². The molecule has 0 spiro atoms. The average Bonchev–Trinajstić information content (AvgIpc) is 2.26. The molecule has 1 saturated heterocycles. The van der Waals surface area contributed by atoms with E-state index in [0.717, 1.165) is 10.7 Å². The van der Waals surface area contributed by atoms with Crippen LogP contribution in [0.1, 0.15) is 13.8 Å². The molecule has 0 atom stereocenters. The van der Waals surface area contributed by atoms with Crippen molar-refractivity contribution in [2.45, 2.75) is 13.8 Å². The lowest BCUT2D eigenvalue weighted by Crippen LogP contribution is -2.62. The first kappa shape index (κ1) is 13.8. The van der Waals surface area contributed by atoms with Crippen LogP contribution in [0.3, 0.4) is 0 Å². The van der Waals surface area contributed by atoms with E-state index in [1.807, 2.05) is 0 Å². The summed E-state index contributed by atoms with van der Waals surface area (Å²) in [7, 11) is 0. The predicted molar refractivity (Wildman–Crippen MR) is 66.6 cm³/mol. The van der Waals surface area contributed by atoms with Crippen molar-refractivity contribution in [1.29, 1.82) is 0 Å². The van der Waals surface area contributed by atoms with Gasteiger partial charge in [0.05, 0.1) is 0 Å². The predicted octanol–water partition coefficient (Wildman–Crippen LogP) is 1.01. The van der Waals surface area contributed by atoms with Crippen molar-refractivity contribution < 1.29 is 14.4 Å². The fourth-order valence-electron chi connectivity index (χ4n) is 1.37. The first-order valence-corrected chi connectivity index (χ1v) is 6.42. The maximum atomic E-state index is 11.9. The summed E-state index contributed by atoms with van der Waals surface area (Å²) in [6.45, 7) is 6.92. The number of amides is 4. The van der Waals surface area contributed by atoms with E-state index in [2.05, 4.69) is 11.9 Å². The molecule has 0 unspecified atom stereocenters. The van der Waals surface area contributed by atoms with Crippen molar-refractivity contribution in [1.82, 2.24) is 10.2 Å². The summed E-state index contributed by atoms with van der Waals surface area (Å²) in [5.41, 5.74) is -1.17. The molecular formula is C11H16N2O3S. The molecule has 1 rings (SSSR count). The van der Waals surface area contributed by atoms with Crippen molar-refractivity contribution in [3.05, 3.63) is 12.7 Å². The lowest BCUT2D eigenvalue weighted by Gasteiger charge is -2.34. The zero-order chi connectivity index (χ0) is 13.1. The molecular weight excluding hydrogens is 240 g/mol. The van der Waals surface area contributed by atoms with Gasteiger partial charge in [0.25, 0.3) is 0 Å². The Labute approximate surface area is 105 Å². The quantitative estimate of drug-likeness (QED) is 0.453. The molecule has 0 aliphatic carbocycles. The Hall–Kier alpha value is -1.30. The van der Waals surface area contributed by atoms with E-state index in [0.29, 0.717) is 12.3 Å². The number of rotatable bonds is 5. The molecule has 6 heteroatoms. The average molecular weight is 256 g/mol. The number of nitrogens with one attached hydrogen (secondary N) is 1. The van der Waals surface area contributed by atoms with Gasteiger partial charge in [-0.3, -0.25) is 19.8 Å². The summed E-state index contributed by atoms with van der Waals surface area (Å²) in [4.78, 5) is 36.0. The zero-order valence-electron chi connectivity index (χ0n) is 9.99. The largest absolute Gasteiger partial charge is 0.330 e. The van der Waals surface area contributed by atoms with Crippen LogP contribution < -0.4 is 5.32 Å². The molecule has 0 aromatic heterocycles. The maximum absolute atomic E-state index is 11.9. The van der Waals surface area contributed by atoms with E-state index >= 15 is 0 Å². The van der Waals surface area contributed by atoms with Gasteiger partial charge in [-0.2, -0.15) is 11.8 Å². The standard InChI is InChI=1S/C11H16N2O3S/c1-4-6-17-7-5-13-9(15)11(2,3)8(14)12-10(13)16/h4H,1,5-7H2,2-3H3,(H,12,14,16). The summed E-state index contributed by atoms with van der Waals surface area (Å²) in [5, 5.41) is 2.19. The minimum Gasteiger partial charge on any atom is -0.277 e. The molecule has 0 saturated carbocycles. The van der Waals surface area contributed by atoms with Gasteiger partial charge in [0.1, 0.15) is 5.41 Å². The highest BCUT2D eigenvalue weighted by Crippen LogP contribution is 2.23. The number of hydrogen-bond donors (Lipinski definition) is 1. The van der Waals surface area contributed by atoms with Crippen LogP contribution in [-0.2, 0) is 9.59 Å². The minimum atomic E-state index is -1.17. The lowest BCUT2D eigenvalue weighted by atomic mass is 9.89. The number of carbonyl (C=O) groups excluding carboxylic acids is 3. The summed E-state index contributed by atoms with van der Waals surface area (Å²) in [5.74, 6) is 0.425. The Morgan fingerprint density at radius 1 is 1.41 bits per heavy atom. The highest BCUT2D eigenvalue weighted by atomic mass is 32.2. The van der Waals surface area contributed by atoms with Crippen molar-refractivity contribution in [3.8, 4) is 0 Å². The van der Waals surface area contributed by atoms with E-state index in [1.54, 1.807) is 17.8 Å². The number of hydrogen-bond acceptors (Lipinski definition) is 4. The summed E-state index contributed by atoms with van der Waals surface area (Å²) >= 11 is 1.58. The second kappa shape index (κ2) is 5.35. The van der Waals surface area contributed by atoms with Gasteiger partial charge in [-0.15, -0.1) is 6.58 Å². The number of imide groups is 2. The van der Waals surface area contributed by atoms with Crippen molar-refractivity contribution >= 4 is 29.6 Å². The van der Waals surface area contributed by atoms with Gasteiger partial charge < -0.3 is 0 Å². The fourth-order valence-corrected chi connectivity index (χ4v) is 2.02. The Bertz CT molecular complexity index is 366. The third-order valence-electron chi connectivity index (χ3n) is 2.51. The van der Waals surface area contributed by atoms with Crippen LogP contribution in [0.25, 0.3) is 0 Å². The molecule has 94 valence electrons. The molecule has 0 bridgehead atoms. The van der Waals surface area contributed by atoms with Crippen molar-refractivity contribution in [3.63, 3.8) is 0 Å². The van der Waals surface area contributed by atoms with Gasteiger partial charge in [0.2, 0.25) is 11.8 Å². The van der Waals surface area contributed by atoms with Crippen LogP contribution in [0.4, 0.5) is 4.79 Å².